The van der Waals surface area contributed by atoms with Gasteiger partial charge in [-0.2, -0.15) is 0 Å². The van der Waals surface area contributed by atoms with Gasteiger partial charge in [0.15, 0.2) is 18.1 Å². The highest BCUT2D eigenvalue weighted by Crippen LogP contribution is 2.34. The molecule has 0 radical (unpaired) electrons. The molecule has 0 aromatic heterocycles. The van der Waals surface area contributed by atoms with Gasteiger partial charge in [-0.05, 0) is 48.9 Å². The van der Waals surface area contributed by atoms with Crippen LogP contribution in [0, 0.1) is 5.82 Å². The van der Waals surface area contributed by atoms with Crippen molar-refractivity contribution in [1.29, 1.82) is 0 Å². The lowest BCUT2D eigenvalue weighted by Gasteiger charge is -2.29. The van der Waals surface area contributed by atoms with E-state index in [2.05, 4.69) is 20.7 Å². The van der Waals surface area contributed by atoms with Gasteiger partial charge in [0.25, 0.3) is 5.91 Å². The molecule has 9 nitrogen and oxygen atoms in total. The number of allylic oxidation sites excluding steroid dienone is 1. The van der Waals surface area contributed by atoms with Crippen molar-refractivity contribution < 1.29 is 33.0 Å². The Balaban J connectivity index is 1.90. The molecule has 0 aliphatic carbocycles. The van der Waals surface area contributed by atoms with Crippen LogP contribution in [0.2, 0.25) is 0 Å². The summed E-state index contributed by atoms with van der Waals surface area (Å²) >= 11 is 0. The maximum Gasteiger partial charge on any atom is 0.343 e. The molecule has 0 spiro atoms. The van der Waals surface area contributed by atoms with Crippen LogP contribution in [0.15, 0.2) is 53.7 Å². The summed E-state index contributed by atoms with van der Waals surface area (Å²) in [5.74, 6) is -0.865. The number of hydrogen-bond acceptors (Lipinski definition) is 6. The second-order valence-corrected chi connectivity index (χ2v) is 6.81. The van der Waals surface area contributed by atoms with Crippen molar-refractivity contribution in [2.75, 3.05) is 26.1 Å². The summed E-state index contributed by atoms with van der Waals surface area (Å²) in [5.41, 5.74) is 1.57. The van der Waals surface area contributed by atoms with E-state index >= 15 is 0 Å². The topological polar surface area (TPSA) is 115 Å². The van der Waals surface area contributed by atoms with Gasteiger partial charge in [0.1, 0.15) is 5.82 Å². The molecule has 1 aliphatic heterocycles. The standard InChI is InChI=1S/C22H22FN3O6/c1-12-19(21(28)25-15-7-5-14(23)6-8-15)20(26-22(29)24-12)13-4-9-16(17(10-13)30-2)32-11-18(27)31-3/h4-10,20H,11H2,1-3H3,(H,25,28)(H2,24,26,29)/t20-/m0/s1. The van der Waals surface area contributed by atoms with E-state index in [0.29, 0.717) is 28.4 Å². The Morgan fingerprint density at radius 2 is 1.81 bits per heavy atom. The molecule has 0 fully saturated rings. The summed E-state index contributed by atoms with van der Waals surface area (Å²) in [6.07, 6.45) is 0. The van der Waals surface area contributed by atoms with Gasteiger partial charge < -0.3 is 30.2 Å². The van der Waals surface area contributed by atoms with Crippen molar-refractivity contribution in [2.24, 2.45) is 0 Å². The second kappa shape index (κ2) is 9.82. The number of carbonyl (C=O) groups excluding carboxylic acids is 3. The molecule has 1 heterocycles. The van der Waals surface area contributed by atoms with E-state index in [1.807, 2.05) is 0 Å². The van der Waals surface area contributed by atoms with Gasteiger partial charge in [-0.15, -0.1) is 0 Å². The van der Waals surface area contributed by atoms with Crippen LogP contribution in [0.1, 0.15) is 18.5 Å². The molecule has 10 heteroatoms. The monoisotopic (exact) mass is 443 g/mol. The van der Waals surface area contributed by atoms with Crippen molar-refractivity contribution in [3.05, 3.63) is 65.1 Å². The van der Waals surface area contributed by atoms with E-state index in [1.165, 1.54) is 38.5 Å². The fourth-order valence-electron chi connectivity index (χ4n) is 3.16. The summed E-state index contributed by atoms with van der Waals surface area (Å²) < 4.78 is 28.5. The van der Waals surface area contributed by atoms with E-state index in [0.717, 1.165) is 0 Å². The number of anilines is 1. The number of nitrogens with one attached hydrogen (secondary N) is 3. The summed E-state index contributed by atoms with van der Waals surface area (Å²) in [6.45, 7) is 1.30. The Hall–Kier alpha value is -4.08. The average molecular weight is 443 g/mol. The highest BCUT2D eigenvalue weighted by atomic mass is 19.1. The lowest BCUT2D eigenvalue weighted by molar-refractivity contribution is -0.142. The number of hydrogen-bond donors (Lipinski definition) is 3. The third-order valence-electron chi connectivity index (χ3n) is 4.71. The summed E-state index contributed by atoms with van der Waals surface area (Å²) in [4.78, 5) is 36.5. The van der Waals surface area contributed by atoms with E-state index in [-0.39, 0.29) is 12.2 Å². The van der Waals surface area contributed by atoms with Crippen LogP contribution in [0.4, 0.5) is 14.9 Å². The SMILES string of the molecule is COC(=O)COc1ccc([C@@H]2NC(=O)NC(C)=C2C(=O)Nc2ccc(F)cc2)cc1OC. The minimum atomic E-state index is -0.798. The van der Waals surface area contributed by atoms with Crippen LogP contribution >= 0.6 is 0 Å². The number of benzene rings is 2. The molecule has 1 aliphatic rings. The molecule has 0 bridgehead atoms. The molecule has 0 unspecified atom stereocenters. The van der Waals surface area contributed by atoms with Crippen LogP contribution in [0.5, 0.6) is 11.5 Å². The van der Waals surface area contributed by atoms with Gasteiger partial charge in [0.2, 0.25) is 0 Å². The summed E-state index contributed by atoms with van der Waals surface area (Å²) in [5, 5.41) is 8.01. The molecule has 1 atom stereocenters. The number of rotatable bonds is 7. The van der Waals surface area contributed by atoms with Crippen molar-refractivity contribution >= 4 is 23.6 Å². The molecule has 3 rings (SSSR count). The van der Waals surface area contributed by atoms with Crippen LogP contribution in [-0.2, 0) is 14.3 Å². The lowest BCUT2D eigenvalue weighted by atomic mass is 9.94. The zero-order valence-electron chi connectivity index (χ0n) is 17.7. The normalized spacial score (nSPS) is 15.4. The lowest BCUT2D eigenvalue weighted by Crippen LogP contribution is -2.46. The predicted octanol–water partition coefficient (Wildman–Crippen LogP) is 2.65. The molecule has 3 N–H and O–H groups in total. The van der Waals surface area contributed by atoms with Gasteiger partial charge in [-0.1, -0.05) is 6.07 Å². The Kier molecular flexibility index (Phi) is 6.93. The molecular formula is C22H22FN3O6. The van der Waals surface area contributed by atoms with E-state index in [4.69, 9.17) is 9.47 Å². The van der Waals surface area contributed by atoms with Crippen LogP contribution < -0.4 is 25.4 Å². The minimum absolute atomic E-state index is 0.263. The molecule has 168 valence electrons. The molecule has 0 saturated carbocycles. The first-order valence-electron chi connectivity index (χ1n) is 9.55. The number of urea groups is 1. The summed E-state index contributed by atoms with van der Waals surface area (Å²) in [7, 11) is 2.67. The van der Waals surface area contributed by atoms with Crippen molar-refractivity contribution in [2.45, 2.75) is 13.0 Å². The zero-order chi connectivity index (χ0) is 23.3. The van der Waals surface area contributed by atoms with Crippen molar-refractivity contribution in [3.63, 3.8) is 0 Å². The number of esters is 1. The van der Waals surface area contributed by atoms with Gasteiger partial charge >= 0.3 is 12.0 Å². The number of ether oxygens (including phenoxy) is 3. The quantitative estimate of drug-likeness (QED) is 0.567. The number of methoxy groups -OCH3 is 2. The summed E-state index contributed by atoms with van der Waals surface area (Å²) in [6, 6.07) is 8.86. The highest BCUT2D eigenvalue weighted by Gasteiger charge is 2.32. The number of carbonyl (C=O) groups is 3. The molecule has 2 aromatic carbocycles. The first-order valence-corrected chi connectivity index (χ1v) is 9.55. The maximum absolute atomic E-state index is 13.2. The molecular weight excluding hydrogens is 421 g/mol. The Bertz CT molecular complexity index is 1070. The predicted molar refractivity (Wildman–Crippen MR) is 113 cm³/mol. The Morgan fingerprint density at radius 1 is 1.09 bits per heavy atom. The Labute approximate surface area is 183 Å². The van der Waals surface area contributed by atoms with Crippen LogP contribution in [0.25, 0.3) is 0 Å². The zero-order valence-corrected chi connectivity index (χ0v) is 17.7. The largest absolute Gasteiger partial charge is 0.493 e. The Morgan fingerprint density at radius 3 is 2.47 bits per heavy atom. The van der Waals surface area contributed by atoms with E-state index in [9.17, 15) is 18.8 Å². The van der Waals surface area contributed by atoms with Gasteiger partial charge in [0.05, 0.1) is 25.8 Å². The van der Waals surface area contributed by atoms with E-state index < -0.39 is 29.8 Å². The smallest absolute Gasteiger partial charge is 0.343 e. The minimum Gasteiger partial charge on any atom is -0.493 e. The highest BCUT2D eigenvalue weighted by molar-refractivity contribution is 6.06. The van der Waals surface area contributed by atoms with Crippen LogP contribution in [0.3, 0.4) is 0 Å². The fourth-order valence-corrected chi connectivity index (χ4v) is 3.16. The van der Waals surface area contributed by atoms with Gasteiger partial charge in [-0.25, -0.2) is 14.0 Å². The van der Waals surface area contributed by atoms with Crippen molar-refractivity contribution in [1.82, 2.24) is 10.6 Å². The third kappa shape index (κ3) is 5.15. The second-order valence-electron chi connectivity index (χ2n) is 6.81. The first-order chi connectivity index (χ1) is 15.3. The first kappa shape index (κ1) is 22.6. The van der Waals surface area contributed by atoms with Gasteiger partial charge in [0, 0.05) is 11.4 Å². The maximum atomic E-state index is 13.2. The van der Waals surface area contributed by atoms with Crippen molar-refractivity contribution in [3.8, 4) is 11.5 Å². The molecule has 32 heavy (non-hydrogen) atoms. The van der Waals surface area contributed by atoms with Crippen LogP contribution in [-0.4, -0.2) is 38.7 Å². The number of halogens is 1. The molecule has 0 saturated heterocycles. The van der Waals surface area contributed by atoms with E-state index in [1.54, 1.807) is 25.1 Å². The van der Waals surface area contributed by atoms with Gasteiger partial charge in [-0.3, -0.25) is 4.79 Å². The number of amides is 3. The third-order valence-corrected chi connectivity index (χ3v) is 4.71. The average Bonchev–Trinajstić information content (AvgIpc) is 2.78. The fraction of sp³-hybridized carbons (Fsp3) is 0.227. The molecule has 3 amide bonds. The molecule has 2 aromatic rings.